The first kappa shape index (κ1) is 7.38. The van der Waals surface area contributed by atoms with E-state index in [-0.39, 0.29) is 0 Å². The first-order valence-electron chi connectivity index (χ1n) is 4.36. The second kappa shape index (κ2) is 2.48. The Morgan fingerprint density at radius 3 is 2.93 bits per heavy atom. The van der Waals surface area contributed by atoms with E-state index in [0.29, 0.717) is 5.69 Å². The molecular weight excluding hydrogens is 176 g/mol. The van der Waals surface area contributed by atoms with E-state index in [0.717, 1.165) is 21.9 Å². The summed E-state index contributed by atoms with van der Waals surface area (Å²) in [7, 11) is 0. The van der Waals surface area contributed by atoms with Crippen molar-refractivity contribution in [2.24, 2.45) is 0 Å². The Morgan fingerprint density at radius 2 is 2.00 bits per heavy atom. The maximum atomic E-state index is 5.67. The molecule has 0 aliphatic rings. The van der Waals surface area contributed by atoms with Crippen LogP contribution in [0.15, 0.2) is 41.1 Å². The molecule has 14 heavy (non-hydrogen) atoms. The van der Waals surface area contributed by atoms with Crippen LogP contribution in [0.5, 0.6) is 0 Å². The summed E-state index contributed by atoms with van der Waals surface area (Å²) >= 11 is 0. The monoisotopic (exact) mass is 184 g/mol. The average Bonchev–Trinajstić information content (AvgIpc) is 2.54. The summed E-state index contributed by atoms with van der Waals surface area (Å²) in [5.74, 6) is 0. The maximum absolute atomic E-state index is 5.67. The minimum absolute atomic E-state index is 0.713. The SMILES string of the molecule is Nc1ccc2c(c1)oc1ccncc12. The number of hydrogen-bond acceptors (Lipinski definition) is 3. The number of benzene rings is 1. The molecule has 3 heteroatoms. The van der Waals surface area contributed by atoms with Crippen molar-refractivity contribution in [1.29, 1.82) is 0 Å². The van der Waals surface area contributed by atoms with Gasteiger partial charge in [0.25, 0.3) is 0 Å². The first-order chi connectivity index (χ1) is 6.84. The number of aromatic nitrogens is 1. The molecule has 0 aliphatic carbocycles. The largest absolute Gasteiger partial charge is 0.456 e. The molecule has 0 saturated heterocycles. The van der Waals surface area contributed by atoms with Crippen LogP contribution in [0.1, 0.15) is 0 Å². The summed E-state index contributed by atoms with van der Waals surface area (Å²) < 4.78 is 5.61. The lowest BCUT2D eigenvalue weighted by Gasteiger charge is -1.90. The minimum Gasteiger partial charge on any atom is -0.456 e. The van der Waals surface area contributed by atoms with Crippen molar-refractivity contribution in [3.63, 3.8) is 0 Å². The van der Waals surface area contributed by atoms with Crippen LogP contribution in [0.4, 0.5) is 5.69 Å². The van der Waals surface area contributed by atoms with E-state index in [1.807, 2.05) is 24.3 Å². The van der Waals surface area contributed by atoms with Crippen molar-refractivity contribution in [3.8, 4) is 0 Å². The zero-order chi connectivity index (χ0) is 9.54. The molecule has 3 nitrogen and oxygen atoms in total. The van der Waals surface area contributed by atoms with Crippen molar-refractivity contribution in [2.45, 2.75) is 0 Å². The third-order valence-corrected chi connectivity index (χ3v) is 2.30. The van der Waals surface area contributed by atoms with Gasteiger partial charge in [-0.15, -0.1) is 0 Å². The molecule has 0 amide bonds. The summed E-state index contributed by atoms with van der Waals surface area (Å²) in [6.07, 6.45) is 3.52. The standard InChI is InChI=1S/C11H8N2O/c12-7-1-2-8-9-6-13-4-3-10(9)14-11(8)5-7/h1-6H,12H2. The topological polar surface area (TPSA) is 52.0 Å². The van der Waals surface area contributed by atoms with Crippen LogP contribution in [0, 0.1) is 0 Å². The average molecular weight is 184 g/mol. The molecule has 0 atom stereocenters. The highest BCUT2D eigenvalue weighted by Gasteiger charge is 2.05. The molecule has 0 fully saturated rings. The van der Waals surface area contributed by atoms with E-state index in [2.05, 4.69) is 4.98 Å². The highest BCUT2D eigenvalue weighted by atomic mass is 16.3. The second-order valence-electron chi connectivity index (χ2n) is 3.23. The van der Waals surface area contributed by atoms with Gasteiger partial charge in [-0.25, -0.2) is 0 Å². The Bertz CT molecular complexity index is 613. The molecule has 0 radical (unpaired) electrons. The number of pyridine rings is 1. The highest BCUT2D eigenvalue weighted by Crippen LogP contribution is 2.28. The van der Waals surface area contributed by atoms with E-state index in [4.69, 9.17) is 10.2 Å². The molecule has 2 aromatic heterocycles. The van der Waals surface area contributed by atoms with Gasteiger partial charge in [-0.3, -0.25) is 4.98 Å². The molecule has 0 spiro atoms. The highest BCUT2D eigenvalue weighted by molar-refractivity contribution is 6.05. The Kier molecular flexibility index (Phi) is 1.31. The quantitative estimate of drug-likeness (QED) is 0.546. The van der Waals surface area contributed by atoms with Gasteiger partial charge in [0.1, 0.15) is 11.2 Å². The van der Waals surface area contributed by atoms with Crippen LogP contribution < -0.4 is 5.73 Å². The van der Waals surface area contributed by atoms with Gasteiger partial charge in [-0.2, -0.15) is 0 Å². The normalized spacial score (nSPS) is 11.1. The maximum Gasteiger partial charge on any atom is 0.138 e. The summed E-state index contributed by atoms with van der Waals surface area (Å²) in [6.45, 7) is 0. The predicted octanol–water partition coefficient (Wildman–Crippen LogP) is 2.56. The smallest absolute Gasteiger partial charge is 0.138 e. The number of anilines is 1. The van der Waals surface area contributed by atoms with Crippen molar-refractivity contribution in [3.05, 3.63) is 36.7 Å². The van der Waals surface area contributed by atoms with Crippen LogP contribution in [-0.4, -0.2) is 4.98 Å². The first-order valence-corrected chi connectivity index (χ1v) is 4.36. The summed E-state index contributed by atoms with van der Waals surface area (Å²) in [6, 6.07) is 7.50. The van der Waals surface area contributed by atoms with E-state index in [1.165, 1.54) is 0 Å². The van der Waals surface area contributed by atoms with Gasteiger partial charge in [0.05, 0.1) is 0 Å². The van der Waals surface area contributed by atoms with Gasteiger partial charge in [0.15, 0.2) is 0 Å². The van der Waals surface area contributed by atoms with Crippen molar-refractivity contribution in [1.82, 2.24) is 4.98 Å². The van der Waals surface area contributed by atoms with Crippen molar-refractivity contribution >= 4 is 27.6 Å². The molecule has 1 aromatic carbocycles. The zero-order valence-corrected chi connectivity index (χ0v) is 7.40. The summed E-state index contributed by atoms with van der Waals surface area (Å²) in [5, 5.41) is 2.09. The van der Waals surface area contributed by atoms with Gasteiger partial charge >= 0.3 is 0 Å². The van der Waals surface area contributed by atoms with Crippen LogP contribution in [0.25, 0.3) is 21.9 Å². The molecule has 0 aliphatic heterocycles. The number of hydrogen-bond donors (Lipinski definition) is 1. The summed E-state index contributed by atoms with van der Waals surface area (Å²) in [5.41, 5.74) is 8.04. The van der Waals surface area contributed by atoms with Gasteiger partial charge in [-0.05, 0) is 18.2 Å². The van der Waals surface area contributed by atoms with E-state index < -0.39 is 0 Å². The lowest BCUT2D eigenvalue weighted by molar-refractivity contribution is 0.668. The van der Waals surface area contributed by atoms with E-state index in [9.17, 15) is 0 Å². The van der Waals surface area contributed by atoms with Gasteiger partial charge in [0.2, 0.25) is 0 Å². The van der Waals surface area contributed by atoms with Crippen molar-refractivity contribution in [2.75, 3.05) is 5.73 Å². The van der Waals surface area contributed by atoms with Gasteiger partial charge in [0, 0.05) is 34.9 Å². The molecule has 2 heterocycles. The lowest BCUT2D eigenvalue weighted by Crippen LogP contribution is -1.81. The molecule has 68 valence electrons. The summed E-state index contributed by atoms with van der Waals surface area (Å²) in [4.78, 5) is 4.07. The minimum atomic E-state index is 0.713. The lowest BCUT2D eigenvalue weighted by atomic mass is 10.2. The number of rotatable bonds is 0. The third kappa shape index (κ3) is 0.893. The Labute approximate surface area is 80.1 Å². The number of nitrogen functional groups attached to an aromatic ring is 1. The Balaban J connectivity index is 2.57. The van der Waals surface area contributed by atoms with Crippen molar-refractivity contribution < 1.29 is 4.42 Å². The fraction of sp³-hybridized carbons (Fsp3) is 0. The third-order valence-electron chi connectivity index (χ3n) is 2.30. The van der Waals surface area contributed by atoms with Crippen LogP contribution in [-0.2, 0) is 0 Å². The molecule has 0 bridgehead atoms. The molecular formula is C11H8N2O. The van der Waals surface area contributed by atoms with Crippen LogP contribution in [0.3, 0.4) is 0 Å². The number of furan rings is 1. The van der Waals surface area contributed by atoms with Gasteiger partial charge < -0.3 is 10.2 Å². The number of nitrogens with zero attached hydrogens (tertiary/aromatic N) is 1. The van der Waals surface area contributed by atoms with E-state index in [1.54, 1.807) is 12.4 Å². The Hall–Kier alpha value is -2.03. The van der Waals surface area contributed by atoms with Crippen LogP contribution >= 0.6 is 0 Å². The molecule has 2 N–H and O–H groups in total. The Morgan fingerprint density at radius 1 is 1.07 bits per heavy atom. The zero-order valence-electron chi connectivity index (χ0n) is 7.40. The fourth-order valence-electron chi connectivity index (χ4n) is 1.64. The molecule has 3 aromatic rings. The molecule has 0 saturated carbocycles. The van der Waals surface area contributed by atoms with Gasteiger partial charge in [-0.1, -0.05) is 0 Å². The van der Waals surface area contributed by atoms with Crippen LogP contribution in [0.2, 0.25) is 0 Å². The fourth-order valence-corrected chi connectivity index (χ4v) is 1.64. The van der Waals surface area contributed by atoms with E-state index >= 15 is 0 Å². The molecule has 0 unspecified atom stereocenters. The molecule has 3 rings (SSSR count). The predicted molar refractivity (Wildman–Crippen MR) is 55.9 cm³/mol. The number of nitrogens with two attached hydrogens (primary N) is 1. The second-order valence-corrected chi connectivity index (χ2v) is 3.23. The number of fused-ring (bicyclic) bond motifs is 3.